The normalized spacial score (nSPS) is 12.0. The first-order valence-corrected chi connectivity index (χ1v) is 15.9. The van der Waals surface area contributed by atoms with Crippen LogP contribution in [0.4, 0.5) is 5.69 Å². The lowest BCUT2D eigenvalue weighted by Gasteiger charge is -2.34. The van der Waals surface area contributed by atoms with E-state index in [1.54, 1.807) is 56.3 Å². The van der Waals surface area contributed by atoms with Gasteiger partial charge in [-0.05, 0) is 67.8 Å². The highest BCUT2D eigenvalue weighted by Gasteiger charge is 2.34. The summed E-state index contributed by atoms with van der Waals surface area (Å²) < 4.78 is 29.0. The Morgan fingerprint density at radius 3 is 2.12 bits per heavy atom. The summed E-state index contributed by atoms with van der Waals surface area (Å²) in [5.41, 5.74) is 1.46. The molecule has 1 N–H and O–H groups in total. The van der Waals surface area contributed by atoms with Crippen LogP contribution in [0.5, 0.6) is 0 Å². The Bertz CT molecular complexity index is 1450. The Labute approximate surface area is 257 Å². The maximum Gasteiger partial charge on any atom is 0.264 e. The van der Waals surface area contributed by atoms with E-state index in [0.29, 0.717) is 44.8 Å². The summed E-state index contributed by atoms with van der Waals surface area (Å²) in [5.74, 6) is -0.917. The monoisotopic (exact) mass is 637 g/mol. The fraction of sp³-hybridized carbons (Fsp3) is 0.333. The molecule has 0 saturated heterocycles. The fourth-order valence-electron chi connectivity index (χ4n) is 4.37. The van der Waals surface area contributed by atoms with Crippen LogP contribution in [0.25, 0.3) is 0 Å². The van der Waals surface area contributed by atoms with Gasteiger partial charge in [0.25, 0.3) is 10.0 Å². The zero-order valence-corrected chi connectivity index (χ0v) is 26.3. The fourth-order valence-corrected chi connectivity index (χ4v) is 6.49. The number of amides is 2. The number of aryl methyl sites for hydroxylation is 1. The van der Waals surface area contributed by atoms with Gasteiger partial charge in [-0.3, -0.25) is 13.9 Å². The lowest BCUT2D eigenvalue weighted by atomic mass is 10.1. The Morgan fingerprint density at radius 1 is 0.902 bits per heavy atom. The number of rotatable bonds is 13. The number of para-hydroxylation sites is 1. The van der Waals surface area contributed by atoms with Crippen molar-refractivity contribution < 1.29 is 18.0 Å². The number of sulfonamides is 1. The van der Waals surface area contributed by atoms with Crippen LogP contribution in [-0.4, -0.2) is 44.3 Å². The number of halogens is 3. The predicted octanol–water partition coefficient (Wildman–Crippen LogP) is 6.87. The van der Waals surface area contributed by atoms with Crippen molar-refractivity contribution in [3.05, 3.63) is 92.9 Å². The Balaban J connectivity index is 2.09. The average molecular weight is 639 g/mol. The van der Waals surface area contributed by atoms with Crippen LogP contribution in [0.3, 0.4) is 0 Å². The van der Waals surface area contributed by atoms with Crippen molar-refractivity contribution in [1.29, 1.82) is 0 Å². The molecule has 41 heavy (non-hydrogen) atoms. The molecule has 0 aromatic heterocycles. The van der Waals surface area contributed by atoms with Gasteiger partial charge < -0.3 is 10.2 Å². The number of nitrogens with one attached hydrogen (secondary N) is 1. The van der Waals surface area contributed by atoms with Crippen molar-refractivity contribution in [3.8, 4) is 0 Å². The lowest BCUT2D eigenvalue weighted by Crippen LogP contribution is -2.52. The zero-order valence-electron chi connectivity index (χ0n) is 23.2. The molecule has 0 spiro atoms. The average Bonchev–Trinajstić information content (AvgIpc) is 2.94. The first kappa shape index (κ1) is 32.7. The Morgan fingerprint density at radius 2 is 1.54 bits per heavy atom. The van der Waals surface area contributed by atoms with Gasteiger partial charge >= 0.3 is 0 Å². The molecule has 0 fully saturated rings. The minimum atomic E-state index is -4.21. The highest BCUT2D eigenvalue weighted by molar-refractivity contribution is 7.92. The first-order chi connectivity index (χ1) is 19.5. The molecule has 1 atom stereocenters. The number of hydrogen-bond acceptors (Lipinski definition) is 4. The third kappa shape index (κ3) is 8.16. The van der Waals surface area contributed by atoms with Crippen LogP contribution in [0.1, 0.15) is 44.2 Å². The van der Waals surface area contributed by atoms with Crippen LogP contribution in [-0.2, 0) is 26.2 Å². The summed E-state index contributed by atoms with van der Waals surface area (Å²) in [6.45, 7) is 5.39. The molecule has 0 aliphatic rings. The van der Waals surface area contributed by atoms with Gasteiger partial charge in [0.05, 0.1) is 10.6 Å². The molecule has 3 rings (SSSR count). The summed E-state index contributed by atoms with van der Waals surface area (Å²) in [6.07, 6.45) is 1.97. The predicted molar refractivity (Wildman–Crippen MR) is 166 cm³/mol. The van der Waals surface area contributed by atoms with Gasteiger partial charge in [-0.1, -0.05) is 79.3 Å². The Hall–Kier alpha value is -2.78. The van der Waals surface area contributed by atoms with E-state index in [2.05, 4.69) is 5.32 Å². The van der Waals surface area contributed by atoms with E-state index in [0.717, 1.165) is 17.1 Å². The summed E-state index contributed by atoms with van der Waals surface area (Å²) in [6, 6.07) is 16.7. The molecule has 11 heteroatoms. The van der Waals surface area contributed by atoms with Crippen LogP contribution in [0.2, 0.25) is 15.1 Å². The van der Waals surface area contributed by atoms with Gasteiger partial charge in [0, 0.05) is 33.7 Å². The van der Waals surface area contributed by atoms with Gasteiger partial charge in [-0.2, -0.15) is 0 Å². The summed E-state index contributed by atoms with van der Waals surface area (Å²) in [7, 11) is -4.21. The second-order valence-electron chi connectivity index (χ2n) is 9.54. The van der Waals surface area contributed by atoms with Gasteiger partial charge in [0.15, 0.2) is 0 Å². The molecule has 0 heterocycles. The topological polar surface area (TPSA) is 86.8 Å². The number of nitrogens with zero attached hydrogens (tertiary/aromatic N) is 2. The maximum absolute atomic E-state index is 14.2. The quantitative estimate of drug-likeness (QED) is 0.207. The van der Waals surface area contributed by atoms with Crippen LogP contribution < -0.4 is 9.62 Å². The maximum atomic E-state index is 14.2. The standard InChI is InChI=1S/C30H34Cl3N3O4S/c1-4-6-18-34-30(38)27(5-2)35(19-24-25(32)11-9-12-26(24)33)29(37)20-36(28-13-8-7-10-21(28)3)41(39,40)23-16-14-22(31)15-17-23/h7-17,27H,4-6,18-20H2,1-3H3,(H,34,38)/t27-/m0/s1. The summed E-state index contributed by atoms with van der Waals surface area (Å²) in [4.78, 5) is 28.8. The molecule has 2 amide bonds. The second kappa shape index (κ2) is 14.9. The molecule has 0 aliphatic heterocycles. The van der Waals surface area contributed by atoms with Crippen molar-refractivity contribution in [2.24, 2.45) is 0 Å². The van der Waals surface area contributed by atoms with Crippen molar-refractivity contribution >= 4 is 62.3 Å². The van der Waals surface area contributed by atoms with Crippen LogP contribution in [0, 0.1) is 6.92 Å². The summed E-state index contributed by atoms with van der Waals surface area (Å²) in [5, 5.41) is 3.95. The van der Waals surface area contributed by atoms with Crippen LogP contribution in [0.15, 0.2) is 71.6 Å². The number of carbonyl (C=O) groups excluding carboxylic acids is 2. The largest absolute Gasteiger partial charge is 0.354 e. The molecule has 7 nitrogen and oxygen atoms in total. The molecule has 3 aromatic rings. The van der Waals surface area contributed by atoms with Gasteiger partial charge in [0.2, 0.25) is 11.8 Å². The molecule has 3 aromatic carbocycles. The minimum Gasteiger partial charge on any atom is -0.354 e. The van der Waals surface area contributed by atoms with Crippen molar-refractivity contribution in [2.45, 2.75) is 57.5 Å². The minimum absolute atomic E-state index is 0.0250. The highest BCUT2D eigenvalue weighted by atomic mass is 35.5. The third-order valence-electron chi connectivity index (χ3n) is 6.67. The summed E-state index contributed by atoms with van der Waals surface area (Å²) >= 11 is 18.9. The van der Waals surface area contributed by atoms with Gasteiger partial charge in [-0.15, -0.1) is 0 Å². The van der Waals surface area contributed by atoms with E-state index in [1.165, 1.54) is 29.2 Å². The number of anilines is 1. The molecule has 0 aliphatic carbocycles. The van der Waals surface area contributed by atoms with Crippen molar-refractivity contribution in [3.63, 3.8) is 0 Å². The number of hydrogen-bond donors (Lipinski definition) is 1. The third-order valence-corrected chi connectivity index (χ3v) is 9.40. The molecule has 0 saturated carbocycles. The molecule has 0 unspecified atom stereocenters. The SMILES string of the molecule is CCCCNC(=O)[C@H](CC)N(Cc1c(Cl)cccc1Cl)C(=O)CN(c1ccccc1C)S(=O)(=O)c1ccc(Cl)cc1. The molecular weight excluding hydrogens is 605 g/mol. The number of benzene rings is 3. The van der Waals surface area contributed by atoms with E-state index in [-0.39, 0.29) is 17.3 Å². The van der Waals surface area contributed by atoms with E-state index < -0.39 is 28.5 Å². The number of carbonyl (C=O) groups is 2. The van der Waals surface area contributed by atoms with E-state index in [4.69, 9.17) is 34.8 Å². The van der Waals surface area contributed by atoms with E-state index in [1.807, 2.05) is 6.92 Å². The van der Waals surface area contributed by atoms with Gasteiger partial charge in [-0.25, -0.2) is 8.42 Å². The molecular formula is C30H34Cl3N3O4S. The van der Waals surface area contributed by atoms with E-state index in [9.17, 15) is 18.0 Å². The molecule has 220 valence electrons. The zero-order chi connectivity index (χ0) is 30.2. The highest BCUT2D eigenvalue weighted by Crippen LogP contribution is 2.30. The molecule has 0 bridgehead atoms. The number of unbranched alkanes of at least 4 members (excludes halogenated alkanes) is 1. The van der Waals surface area contributed by atoms with Crippen molar-refractivity contribution in [1.82, 2.24) is 10.2 Å². The second-order valence-corrected chi connectivity index (χ2v) is 12.7. The van der Waals surface area contributed by atoms with Gasteiger partial charge in [0.1, 0.15) is 12.6 Å². The van der Waals surface area contributed by atoms with Crippen molar-refractivity contribution in [2.75, 3.05) is 17.4 Å². The van der Waals surface area contributed by atoms with E-state index >= 15 is 0 Å². The first-order valence-electron chi connectivity index (χ1n) is 13.3. The molecule has 0 radical (unpaired) electrons. The Kier molecular flexibility index (Phi) is 11.9. The van der Waals surface area contributed by atoms with Crippen LogP contribution >= 0.6 is 34.8 Å². The lowest BCUT2D eigenvalue weighted by molar-refractivity contribution is -0.140. The smallest absolute Gasteiger partial charge is 0.264 e.